The molecule has 164 valence electrons. The van der Waals surface area contributed by atoms with Gasteiger partial charge in [0, 0.05) is 44.1 Å². The van der Waals surface area contributed by atoms with Gasteiger partial charge >= 0.3 is 0 Å². The van der Waals surface area contributed by atoms with Gasteiger partial charge in [0.1, 0.15) is 11.6 Å². The molecule has 1 saturated heterocycles. The number of halogens is 1. The molecule has 2 amide bonds. The van der Waals surface area contributed by atoms with Crippen LogP contribution in [0.15, 0.2) is 36.5 Å². The number of aryl methyl sites for hydroxylation is 1. The predicted molar refractivity (Wildman–Crippen MR) is 116 cm³/mol. The van der Waals surface area contributed by atoms with Gasteiger partial charge in [-0.05, 0) is 43.7 Å². The Balaban J connectivity index is 1.62. The Bertz CT molecular complexity index is 1170. The Morgan fingerprint density at radius 1 is 1.06 bits per heavy atom. The lowest BCUT2D eigenvalue weighted by atomic mass is 10.1. The number of anilines is 1. The molecule has 0 saturated carbocycles. The van der Waals surface area contributed by atoms with Gasteiger partial charge in [-0.25, -0.2) is 19.3 Å². The highest BCUT2D eigenvalue weighted by Gasteiger charge is 2.36. The Hall–Kier alpha value is -3.62. The molecule has 1 unspecified atom stereocenters. The highest BCUT2D eigenvalue weighted by molar-refractivity contribution is 6.02. The molecular formula is C23H23FN6O2. The summed E-state index contributed by atoms with van der Waals surface area (Å²) in [5.74, 6) is 0.806. The molecular weight excluding hydrogens is 411 g/mol. The topological polar surface area (TPSA) is 93.0 Å². The minimum atomic E-state index is -0.317. The van der Waals surface area contributed by atoms with Crippen molar-refractivity contribution in [2.45, 2.75) is 38.6 Å². The van der Waals surface area contributed by atoms with Gasteiger partial charge in [0.2, 0.25) is 17.8 Å². The van der Waals surface area contributed by atoms with E-state index in [1.807, 2.05) is 13.0 Å². The summed E-state index contributed by atoms with van der Waals surface area (Å²) in [5.41, 5.74) is 2.94. The Morgan fingerprint density at radius 3 is 2.53 bits per heavy atom. The molecule has 4 heterocycles. The van der Waals surface area contributed by atoms with E-state index >= 15 is 0 Å². The summed E-state index contributed by atoms with van der Waals surface area (Å²) in [5, 5.41) is 3.13. The molecule has 2 aliphatic heterocycles. The molecule has 0 spiro atoms. The van der Waals surface area contributed by atoms with Gasteiger partial charge in [-0.15, -0.1) is 0 Å². The Kier molecular flexibility index (Phi) is 5.16. The van der Waals surface area contributed by atoms with Crippen LogP contribution in [0.1, 0.15) is 38.1 Å². The molecule has 32 heavy (non-hydrogen) atoms. The van der Waals surface area contributed by atoms with Crippen LogP contribution in [0, 0.1) is 5.82 Å². The summed E-state index contributed by atoms with van der Waals surface area (Å²) in [6, 6.07) is 7.95. The molecule has 5 rings (SSSR count). The maximum Gasteiger partial charge on any atom is 0.229 e. The number of rotatable bonds is 6. The van der Waals surface area contributed by atoms with Crippen LogP contribution in [0.25, 0.3) is 22.6 Å². The Morgan fingerprint density at radius 2 is 1.81 bits per heavy atom. The molecule has 3 aromatic rings. The number of aromatic nitrogens is 4. The SMILES string of the molecule is CCNc1nccc(-c2c(-c3ccc(F)cc3)nc3n2C(CN2C(=O)CCC2=O)CC3)n1. The summed E-state index contributed by atoms with van der Waals surface area (Å²) in [7, 11) is 0. The van der Waals surface area contributed by atoms with Crippen molar-refractivity contribution < 1.29 is 14.0 Å². The first kappa shape index (κ1) is 20.3. The number of hydrogen-bond donors (Lipinski definition) is 1. The second kappa shape index (κ2) is 8.14. The third-order valence-electron chi connectivity index (χ3n) is 5.95. The van der Waals surface area contributed by atoms with Crippen LogP contribution in [0.2, 0.25) is 0 Å². The summed E-state index contributed by atoms with van der Waals surface area (Å²) >= 11 is 0. The van der Waals surface area contributed by atoms with Crippen LogP contribution in [-0.2, 0) is 16.0 Å². The average Bonchev–Trinajstić information content (AvgIpc) is 3.45. The largest absolute Gasteiger partial charge is 0.354 e. The first-order valence-electron chi connectivity index (χ1n) is 10.8. The molecule has 0 bridgehead atoms. The minimum Gasteiger partial charge on any atom is -0.354 e. The second-order valence-corrected chi connectivity index (χ2v) is 7.99. The van der Waals surface area contributed by atoms with Crippen molar-refractivity contribution in [1.82, 2.24) is 24.4 Å². The van der Waals surface area contributed by atoms with Gasteiger partial charge in [-0.1, -0.05) is 0 Å². The number of imide groups is 1. The fraction of sp³-hybridized carbons (Fsp3) is 0.348. The molecule has 2 aliphatic rings. The number of hydrogen-bond acceptors (Lipinski definition) is 6. The van der Waals surface area contributed by atoms with Gasteiger partial charge in [0.25, 0.3) is 0 Å². The van der Waals surface area contributed by atoms with E-state index in [4.69, 9.17) is 4.98 Å². The molecule has 1 N–H and O–H groups in total. The van der Waals surface area contributed by atoms with Crippen LogP contribution >= 0.6 is 0 Å². The van der Waals surface area contributed by atoms with Crippen molar-refractivity contribution in [1.29, 1.82) is 0 Å². The lowest BCUT2D eigenvalue weighted by Crippen LogP contribution is -2.34. The van der Waals surface area contributed by atoms with Crippen molar-refractivity contribution in [2.24, 2.45) is 0 Å². The minimum absolute atomic E-state index is 0.0924. The highest BCUT2D eigenvalue weighted by atomic mass is 19.1. The van der Waals surface area contributed by atoms with E-state index in [1.54, 1.807) is 18.3 Å². The summed E-state index contributed by atoms with van der Waals surface area (Å²) < 4.78 is 15.7. The van der Waals surface area contributed by atoms with Gasteiger partial charge in [-0.3, -0.25) is 14.5 Å². The zero-order valence-electron chi connectivity index (χ0n) is 17.7. The zero-order chi connectivity index (χ0) is 22.2. The van der Waals surface area contributed by atoms with E-state index < -0.39 is 0 Å². The highest BCUT2D eigenvalue weighted by Crippen LogP contribution is 2.40. The number of nitrogens with zero attached hydrogens (tertiary/aromatic N) is 5. The zero-order valence-corrected chi connectivity index (χ0v) is 17.7. The fourth-order valence-electron chi connectivity index (χ4n) is 4.47. The number of benzene rings is 1. The quantitative estimate of drug-likeness (QED) is 0.599. The summed E-state index contributed by atoms with van der Waals surface area (Å²) in [6.45, 7) is 2.97. The number of carbonyl (C=O) groups is 2. The first-order valence-corrected chi connectivity index (χ1v) is 10.8. The third kappa shape index (κ3) is 3.53. The van der Waals surface area contributed by atoms with Crippen molar-refractivity contribution >= 4 is 17.8 Å². The predicted octanol–water partition coefficient (Wildman–Crippen LogP) is 3.21. The van der Waals surface area contributed by atoms with Crippen LogP contribution in [0.5, 0.6) is 0 Å². The standard InChI is InChI=1S/C23H23FN6O2/c1-2-25-23-26-12-11-17(27-23)22-21(14-3-5-15(24)6-4-14)28-18-8-7-16(30(18)22)13-29-19(31)9-10-20(29)32/h3-6,11-12,16H,2,7-10,13H2,1H3,(H,25,26,27). The monoisotopic (exact) mass is 434 g/mol. The molecule has 2 aromatic heterocycles. The lowest BCUT2D eigenvalue weighted by Gasteiger charge is -2.22. The number of likely N-dealkylation sites (tertiary alicyclic amines) is 1. The normalized spacial score (nSPS) is 17.8. The molecule has 0 aliphatic carbocycles. The van der Waals surface area contributed by atoms with Crippen LogP contribution < -0.4 is 5.32 Å². The third-order valence-corrected chi connectivity index (χ3v) is 5.95. The van der Waals surface area contributed by atoms with Gasteiger partial charge < -0.3 is 9.88 Å². The molecule has 8 nitrogen and oxygen atoms in total. The maximum absolute atomic E-state index is 13.6. The molecule has 1 atom stereocenters. The lowest BCUT2D eigenvalue weighted by molar-refractivity contribution is -0.138. The Labute approximate surface area is 184 Å². The smallest absolute Gasteiger partial charge is 0.229 e. The summed E-state index contributed by atoms with van der Waals surface area (Å²) in [4.78, 5) is 39.7. The first-order chi connectivity index (χ1) is 15.5. The van der Waals surface area contributed by atoms with E-state index in [9.17, 15) is 14.0 Å². The number of amides is 2. The van der Waals surface area contributed by atoms with Gasteiger partial charge in [-0.2, -0.15) is 0 Å². The van der Waals surface area contributed by atoms with Crippen molar-refractivity contribution in [3.05, 3.63) is 48.2 Å². The van der Waals surface area contributed by atoms with Gasteiger partial charge in [0.15, 0.2) is 0 Å². The van der Waals surface area contributed by atoms with Crippen LogP contribution in [-0.4, -0.2) is 49.3 Å². The summed E-state index contributed by atoms with van der Waals surface area (Å²) in [6.07, 6.45) is 3.73. The second-order valence-electron chi connectivity index (χ2n) is 7.99. The van der Waals surface area contributed by atoms with E-state index in [0.717, 1.165) is 29.9 Å². The number of nitrogens with one attached hydrogen (secondary N) is 1. The molecule has 0 radical (unpaired) electrons. The van der Waals surface area contributed by atoms with Gasteiger partial charge in [0.05, 0.1) is 23.1 Å². The molecule has 1 fully saturated rings. The van der Waals surface area contributed by atoms with Crippen molar-refractivity contribution in [2.75, 3.05) is 18.4 Å². The van der Waals surface area contributed by atoms with Crippen molar-refractivity contribution in [3.63, 3.8) is 0 Å². The number of imidazole rings is 1. The number of carbonyl (C=O) groups excluding carboxylic acids is 2. The van der Waals surface area contributed by atoms with E-state index in [1.165, 1.54) is 17.0 Å². The van der Waals surface area contributed by atoms with Crippen LogP contribution in [0.4, 0.5) is 10.3 Å². The van der Waals surface area contributed by atoms with E-state index in [0.29, 0.717) is 30.4 Å². The molecule has 1 aromatic carbocycles. The average molecular weight is 434 g/mol. The fourth-order valence-corrected chi connectivity index (χ4v) is 4.47. The van der Waals surface area contributed by atoms with Crippen molar-refractivity contribution in [3.8, 4) is 22.6 Å². The maximum atomic E-state index is 13.6. The molecule has 9 heteroatoms. The number of fused-ring (bicyclic) bond motifs is 1. The van der Waals surface area contributed by atoms with E-state index in [2.05, 4.69) is 19.9 Å². The van der Waals surface area contributed by atoms with Crippen LogP contribution in [0.3, 0.4) is 0 Å². The van der Waals surface area contributed by atoms with E-state index in [-0.39, 0.29) is 36.5 Å².